The van der Waals surface area contributed by atoms with Crippen molar-refractivity contribution in [3.8, 4) is 0 Å². The number of nitrogens with one attached hydrogen (secondary N) is 1. The van der Waals surface area contributed by atoms with E-state index in [1.807, 2.05) is 0 Å². The van der Waals surface area contributed by atoms with Crippen LogP contribution in [0.2, 0.25) is 5.15 Å². The average Bonchev–Trinajstić information content (AvgIpc) is 2.30. The average molecular weight is 256 g/mol. The first-order chi connectivity index (χ1) is 8.14. The first-order valence-corrected chi connectivity index (χ1v) is 5.84. The Morgan fingerprint density at radius 1 is 1.47 bits per heavy atom. The van der Waals surface area contributed by atoms with Crippen LogP contribution >= 0.6 is 11.6 Å². The Morgan fingerprint density at radius 2 is 2.18 bits per heavy atom. The minimum atomic E-state index is -0.117. The predicted molar refractivity (Wildman–Crippen MR) is 64.5 cm³/mol. The van der Waals surface area contributed by atoms with Crippen molar-refractivity contribution in [1.82, 2.24) is 9.97 Å². The van der Waals surface area contributed by atoms with Crippen molar-refractivity contribution in [3.63, 3.8) is 0 Å². The number of hydrogen-bond donors (Lipinski definition) is 1. The van der Waals surface area contributed by atoms with Gasteiger partial charge in [0.1, 0.15) is 17.3 Å². The molecular formula is C11H14ClN3O2. The summed E-state index contributed by atoms with van der Waals surface area (Å²) in [7, 11) is 0. The highest BCUT2D eigenvalue weighted by molar-refractivity contribution is 6.32. The minimum absolute atomic E-state index is 0.117. The molecule has 0 radical (unpaired) electrons. The number of halogens is 1. The summed E-state index contributed by atoms with van der Waals surface area (Å²) in [6, 6.07) is 0. The molecule has 0 saturated carbocycles. The standard InChI is InChI=1S/C11H14ClN3O2/c1-11(2-4-17-5-3-11)15-10-8(6-16)9(12)13-7-14-10/h6-7H,2-5H2,1H3,(H,13,14,15). The van der Waals surface area contributed by atoms with Crippen LogP contribution in [0.3, 0.4) is 0 Å². The largest absolute Gasteiger partial charge is 0.381 e. The van der Waals surface area contributed by atoms with E-state index in [0.29, 0.717) is 30.9 Å². The number of aromatic nitrogens is 2. The van der Waals surface area contributed by atoms with Crippen LogP contribution in [0, 0.1) is 0 Å². The first-order valence-electron chi connectivity index (χ1n) is 5.46. The van der Waals surface area contributed by atoms with Gasteiger partial charge in [0.25, 0.3) is 0 Å². The monoisotopic (exact) mass is 255 g/mol. The van der Waals surface area contributed by atoms with E-state index in [9.17, 15) is 4.79 Å². The van der Waals surface area contributed by atoms with Crippen LogP contribution in [0.4, 0.5) is 5.82 Å². The molecule has 0 amide bonds. The smallest absolute Gasteiger partial charge is 0.156 e. The highest BCUT2D eigenvalue weighted by atomic mass is 35.5. The number of ether oxygens (including phenoxy) is 1. The van der Waals surface area contributed by atoms with Gasteiger partial charge in [0.05, 0.1) is 5.56 Å². The maximum Gasteiger partial charge on any atom is 0.156 e. The Bertz CT molecular complexity index is 419. The van der Waals surface area contributed by atoms with Crippen LogP contribution in [0.25, 0.3) is 0 Å². The lowest BCUT2D eigenvalue weighted by Crippen LogP contribution is -2.41. The minimum Gasteiger partial charge on any atom is -0.381 e. The number of anilines is 1. The summed E-state index contributed by atoms with van der Waals surface area (Å²) in [5, 5.41) is 3.45. The number of nitrogens with zero attached hydrogens (tertiary/aromatic N) is 2. The Hall–Kier alpha value is -1.20. The fourth-order valence-corrected chi connectivity index (χ4v) is 1.99. The molecule has 92 valence electrons. The molecule has 0 spiro atoms. The quantitative estimate of drug-likeness (QED) is 0.660. The summed E-state index contributed by atoms with van der Waals surface area (Å²) in [6.07, 6.45) is 3.76. The molecule has 0 bridgehead atoms. The molecule has 1 aromatic rings. The van der Waals surface area contributed by atoms with E-state index in [0.717, 1.165) is 12.8 Å². The Labute approximate surface area is 105 Å². The molecule has 1 aromatic heterocycles. The van der Waals surface area contributed by atoms with Crippen molar-refractivity contribution in [2.45, 2.75) is 25.3 Å². The molecule has 17 heavy (non-hydrogen) atoms. The predicted octanol–water partition coefficient (Wildman–Crippen LogP) is 1.92. The van der Waals surface area contributed by atoms with E-state index in [-0.39, 0.29) is 10.7 Å². The zero-order chi connectivity index (χ0) is 12.3. The van der Waals surface area contributed by atoms with Crippen LogP contribution in [0.1, 0.15) is 30.1 Å². The summed E-state index contributed by atoms with van der Waals surface area (Å²) >= 11 is 5.85. The van der Waals surface area contributed by atoms with E-state index in [2.05, 4.69) is 22.2 Å². The van der Waals surface area contributed by atoms with E-state index < -0.39 is 0 Å². The lowest BCUT2D eigenvalue weighted by Gasteiger charge is -2.35. The Balaban J connectivity index is 2.23. The molecule has 0 aliphatic carbocycles. The molecule has 1 aliphatic rings. The van der Waals surface area contributed by atoms with Gasteiger partial charge in [-0.15, -0.1) is 0 Å². The molecule has 1 aliphatic heterocycles. The number of rotatable bonds is 3. The molecule has 6 heteroatoms. The number of carbonyl (C=O) groups excluding carboxylic acids is 1. The van der Waals surface area contributed by atoms with Gasteiger partial charge in [0, 0.05) is 18.8 Å². The molecule has 5 nitrogen and oxygen atoms in total. The molecule has 1 N–H and O–H groups in total. The third kappa shape index (κ3) is 2.73. The second-order valence-corrected chi connectivity index (χ2v) is 4.70. The molecule has 2 heterocycles. The summed E-state index contributed by atoms with van der Waals surface area (Å²) in [5.74, 6) is 0.490. The lowest BCUT2D eigenvalue weighted by molar-refractivity contribution is 0.0657. The second kappa shape index (κ2) is 4.98. The summed E-state index contributed by atoms with van der Waals surface area (Å²) in [6.45, 7) is 3.50. The van der Waals surface area contributed by atoms with Gasteiger partial charge in [-0.2, -0.15) is 0 Å². The molecule has 0 atom stereocenters. The van der Waals surface area contributed by atoms with E-state index in [4.69, 9.17) is 16.3 Å². The third-order valence-electron chi connectivity index (χ3n) is 2.97. The number of carbonyl (C=O) groups is 1. The van der Waals surface area contributed by atoms with Crippen LogP contribution < -0.4 is 5.32 Å². The van der Waals surface area contributed by atoms with Crippen molar-refractivity contribution in [2.24, 2.45) is 0 Å². The van der Waals surface area contributed by atoms with Gasteiger partial charge in [-0.05, 0) is 19.8 Å². The zero-order valence-electron chi connectivity index (χ0n) is 9.57. The molecule has 0 unspecified atom stereocenters. The lowest BCUT2D eigenvalue weighted by atomic mass is 9.92. The van der Waals surface area contributed by atoms with Gasteiger partial charge >= 0.3 is 0 Å². The van der Waals surface area contributed by atoms with Gasteiger partial charge in [-0.3, -0.25) is 4.79 Å². The fraction of sp³-hybridized carbons (Fsp3) is 0.545. The van der Waals surface area contributed by atoms with Crippen LogP contribution in [0.5, 0.6) is 0 Å². The van der Waals surface area contributed by atoms with Crippen LogP contribution in [0.15, 0.2) is 6.33 Å². The summed E-state index contributed by atoms with van der Waals surface area (Å²) in [4.78, 5) is 18.8. The molecule has 1 fully saturated rings. The molecule has 1 saturated heterocycles. The van der Waals surface area contributed by atoms with Gasteiger partial charge in [0.15, 0.2) is 6.29 Å². The third-order valence-corrected chi connectivity index (χ3v) is 3.27. The molecule has 2 rings (SSSR count). The van der Waals surface area contributed by atoms with E-state index >= 15 is 0 Å². The zero-order valence-corrected chi connectivity index (χ0v) is 10.3. The number of aldehydes is 1. The highest BCUT2D eigenvalue weighted by Crippen LogP contribution is 2.27. The fourth-order valence-electron chi connectivity index (χ4n) is 1.81. The Morgan fingerprint density at radius 3 is 2.82 bits per heavy atom. The van der Waals surface area contributed by atoms with Crippen molar-refractivity contribution < 1.29 is 9.53 Å². The van der Waals surface area contributed by atoms with E-state index in [1.165, 1.54) is 6.33 Å². The molecular weight excluding hydrogens is 242 g/mol. The van der Waals surface area contributed by atoms with E-state index in [1.54, 1.807) is 0 Å². The number of hydrogen-bond acceptors (Lipinski definition) is 5. The highest BCUT2D eigenvalue weighted by Gasteiger charge is 2.28. The van der Waals surface area contributed by atoms with Crippen molar-refractivity contribution in [3.05, 3.63) is 17.0 Å². The van der Waals surface area contributed by atoms with Gasteiger partial charge in [-0.1, -0.05) is 11.6 Å². The first kappa shape index (κ1) is 12.3. The van der Waals surface area contributed by atoms with Gasteiger partial charge in [-0.25, -0.2) is 9.97 Å². The van der Waals surface area contributed by atoms with Crippen molar-refractivity contribution in [1.29, 1.82) is 0 Å². The summed E-state index contributed by atoms with van der Waals surface area (Å²) in [5.41, 5.74) is 0.190. The van der Waals surface area contributed by atoms with Gasteiger partial charge < -0.3 is 10.1 Å². The van der Waals surface area contributed by atoms with Crippen molar-refractivity contribution >= 4 is 23.7 Å². The van der Waals surface area contributed by atoms with Crippen LogP contribution in [-0.4, -0.2) is 35.0 Å². The van der Waals surface area contributed by atoms with Crippen LogP contribution in [-0.2, 0) is 4.74 Å². The molecule has 0 aromatic carbocycles. The maximum atomic E-state index is 11.0. The Kier molecular flexibility index (Phi) is 3.59. The summed E-state index contributed by atoms with van der Waals surface area (Å²) < 4.78 is 5.31. The SMILES string of the molecule is CC1(Nc2ncnc(Cl)c2C=O)CCOCC1. The van der Waals surface area contributed by atoms with Gasteiger partial charge in [0.2, 0.25) is 0 Å². The normalized spacial score (nSPS) is 18.7. The topological polar surface area (TPSA) is 64.1 Å². The maximum absolute atomic E-state index is 11.0. The second-order valence-electron chi connectivity index (χ2n) is 4.34. The van der Waals surface area contributed by atoms with Crippen molar-refractivity contribution in [2.75, 3.05) is 18.5 Å².